The Hall–Kier alpha value is -2.08. The minimum absolute atomic E-state index is 0.192. The molecule has 0 bridgehead atoms. The molecular formula is C17H25N5O. The zero-order chi connectivity index (χ0) is 16.8. The number of aliphatic hydroxyl groups is 1. The molecule has 3 N–H and O–H groups in total. The molecule has 2 heterocycles. The minimum Gasteiger partial charge on any atom is -0.393 e. The summed E-state index contributed by atoms with van der Waals surface area (Å²) in [5.74, 6) is 1.55. The number of hydrogen-bond donors (Lipinski definition) is 3. The van der Waals surface area contributed by atoms with Crippen molar-refractivity contribution in [2.75, 3.05) is 17.7 Å². The fourth-order valence-electron chi connectivity index (χ4n) is 2.76. The fraction of sp³-hybridized carbons (Fsp3) is 0.529. The second-order valence-electron chi connectivity index (χ2n) is 7.29. The van der Waals surface area contributed by atoms with Crippen molar-refractivity contribution in [1.82, 2.24) is 9.88 Å². The molecule has 2 aliphatic rings. The summed E-state index contributed by atoms with van der Waals surface area (Å²) in [6.45, 7) is 10.4. The number of nitrogens with one attached hydrogen (secondary N) is 2. The highest BCUT2D eigenvalue weighted by Crippen LogP contribution is 2.36. The van der Waals surface area contributed by atoms with Gasteiger partial charge in [-0.25, -0.2) is 9.98 Å². The summed E-state index contributed by atoms with van der Waals surface area (Å²) in [5, 5.41) is 16.3. The van der Waals surface area contributed by atoms with Crippen LogP contribution in [0.4, 0.5) is 11.5 Å². The van der Waals surface area contributed by atoms with Crippen LogP contribution in [-0.4, -0.2) is 45.7 Å². The van der Waals surface area contributed by atoms with E-state index in [1.54, 1.807) is 6.20 Å². The Morgan fingerprint density at radius 3 is 2.74 bits per heavy atom. The fourth-order valence-corrected chi connectivity index (χ4v) is 2.76. The van der Waals surface area contributed by atoms with Gasteiger partial charge in [-0.2, -0.15) is 0 Å². The molecule has 0 unspecified atom stereocenters. The summed E-state index contributed by atoms with van der Waals surface area (Å²) in [6, 6.07) is 2.22. The van der Waals surface area contributed by atoms with Gasteiger partial charge in [0.2, 0.25) is 5.96 Å². The Kier molecular flexibility index (Phi) is 3.80. The van der Waals surface area contributed by atoms with E-state index in [2.05, 4.69) is 43.0 Å². The normalized spacial score (nSPS) is 25.7. The Balaban J connectivity index is 1.94. The molecular weight excluding hydrogens is 290 g/mol. The second-order valence-corrected chi connectivity index (χ2v) is 7.29. The molecule has 124 valence electrons. The van der Waals surface area contributed by atoms with E-state index in [0.29, 0.717) is 0 Å². The smallest absolute Gasteiger partial charge is 0.203 e. The first-order valence-corrected chi connectivity index (χ1v) is 7.98. The molecule has 23 heavy (non-hydrogen) atoms. The van der Waals surface area contributed by atoms with Gasteiger partial charge in [-0.1, -0.05) is 6.58 Å². The van der Waals surface area contributed by atoms with Gasteiger partial charge in [-0.3, -0.25) is 0 Å². The molecule has 1 aliphatic carbocycles. The van der Waals surface area contributed by atoms with E-state index in [9.17, 15) is 5.11 Å². The van der Waals surface area contributed by atoms with Gasteiger partial charge in [0.05, 0.1) is 17.3 Å². The van der Waals surface area contributed by atoms with Crippen molar-refractivity contribution in [1.29, 1.82) is 0 Å². The third-order valence-corrected chi connectivity index (χ3v) is 4.12. The molecule has 1 aromatic heterocycles. The highest BCUT2D eigenvalue weighted by Gasteiger charge is 2.30. The number of pyridine rings is 1. The first-order valence-electron chi connectivity index (χ1n) is 7.98. The average Bonchev–Trinajstić information content (AvgIpc) is 2.42. The molecule has 6 heteroatoms. The number of aliphatic hydroxyl groups excluding tert-OH is 1. The van der Waals surface area contributed by atoms with Crippen LogP contribution >= 0.6 is 0 Å². The lowest BCUT2D eigenvalue weighted by Gasteiger charge is -2.36. The Morgan fingerprint density at radius 2 is 2.13 bits per heavy atom. The molecule has 0 saturated heterocycles. The molecule has 0 spiro atoms. The lowest BCUT2D eigenvalue weighted by molar-refractivity contribution is 0.0835. The van der Waals surface area contributed by atoms with Crippen molar-refractivity contribution in [3.05, 3.63) is 24.4 Å². The van der Waals surface area contributed by atoms with Crippen LogP contribution < -0.4 is 10.6 Å². The summed E-state index contributed by atoms with van der Waals surface area (Å²) in [5.41, 5.74) is 2.61. The zero-order valence-corrected chi connectivity index (χ0v) is 14.2. The maximum absolute atomic E-state index is 9.47. The maximum atomic E-state index is 9.47. The molecule has 1 saturated carbocycles. The molecule has 1 aliphatic heterocycles. The molecule has 3 rings (SSSR count). The van der Waals surface area contributed by atoms with Crippen molar-refractivity contribution < 1.29 is 5.11 Å². The molecule has 1 fully saturated rings. The Morgan fingerprint density at radius 1 is 1.43 bits per heavy atom. The van der Waals surface area contributed by atoms with E-state index in [0.717, 1.165) is 41.6 Å². The molecule has 6 nitrogen and oxygen atoms in total. The number of anilines is 2. The zero-order valence-electron chi connectivity index (χ0n) is 14.2. The lowest BCUT2D eigenvalue weighted by atomic mass is 9.89. The molecule has 0 aromatic carbocycles. The van der Waals surface area contributed by atoms with Gasteiger partial charge in [-0.05, 0) is 39.7 Å². The quantitative estimate of drug-likeness (QED) is 0.782. The Labute approximate surface area is 137 Å². The average molecular weight is 315 g/mol. The molecule has 1 aromatic rings. The lowest BCUT2D eigenvalue weighted by Crippen LogP contribution is -2.41. The highest BCUT2D eigenvalue weighted by molar-refractivity contribution is 6.07. The predicted molar refractivity (Wildman–Crippen MR) is 94.5 cm³/mol. The third-order valence-electron chi connectivity index (χ3n) is 4.12. The van der Waals surface area contributed by atoms with Crippen molar-refractivity contribution >= 4 is 23.2 Å². The SMILES string of the molecule is C=C1c2ccnc(NC3CC(O)C3)c2NC(=NC(C)(C)C)N1C. The van der Waals surface area contributed by atoms with Crippen molar-refractivity contribution in [2.24, 2.45) is 4.99 Å². The summed E-state index contributed by atoms with van der Waals surface area (Å²) in [7, 11) is 1.96. The standard InChI is InChI=1S/C17H25N5O/c1-10-13-6-7-18-15(19-11-8-12(23)9-11)14(13)20-16(22(10)5)21-17(2,3)4/h6-7,11-12,23H,1,8-9H2,2-5H3,(H,18,19)(H,20,21). The van der Waals surface area contributed by atoms with Gasteiger partial charge in [0.25, 0.3) is 0 Å². The predicted octanol–water partition coefficient (Wildman–Crippen LogP) is 2.50. The molecule has 0 atom stereocenters. The van der Waals surface area contributed by atoms with Gasteiger partial charge < -0.3 is 20.6 Å². The van der Waals surface area contributed by atoms with Crippen LogP contribution in [0.15, 0.2) is 23.8 Å². The van der Waals surface area contributed by atoms with Crippen LogP contribution in [0, 0.1) is 0 Å². The van der Waals surface area contributed by atoms with Crippen molar-refractivity contribution in [3.63, 3.8) is 0 Å². The van der Waals surface area contributed by atoms with Crippen LogP contribution in [0.25, 0.3) is 5.70 Å². The maximum Gasteiger partial charge on any atom is 0.203 e. The van der Waals surface area contributed by atoms with E-state index in [4.69, 9.17) is 4.99 Å². The van der Waals surface area contributed by atoms with Crippen LogP contribution in [0.1, 0.15) is 39.2 Å². The number of fused-ring (bicyclic) bond motifs is 1. The summed E-state index contributed by atoms with van der Waals surface area (Å²) < 4.78 is 0. The van der Waals surface area contributed by atoms with E-state index >= 15 is 0 Å². The topological polar surface area (TPSA) is 72.8 Å². The van der Waals surface area contributed by atoms with E-state index in [1.165, 1.54) is 0 Å². The molecule has 0 amide bonds. The third kappa shape index (κ3) is 3.17. The van der Waals surface area contributed by atoms with Gasteiger partial charge in [0.1, 0.15) is 0 Å². The van der Waals surface area contributed by atoms with E-state index < -0.39 is 0 Å². The largest absolute Gasteiger partial charge is 0.393 e. The van der Waals surface area contributed by atoms with E-state index in [-0.39, 0.29) is 17.7 Å². The van der Waals surface area contributed by atoms with Crippen LogP contribution in [-0.2, 0) is 0 Å². The number of aliphatic imine (C=N–C) groups is 1. The summed E-state index contributed by atoms with van der Waals surface area (Å²) in [6.07, 6.45) is 3.10. The Bertz CT molecular complexity index is 655. The number of nitrogens with zero attached hydrogens (tertiary/aromatic N) is 3. The van der Waals surface area contributed by atoms with Gasteiger partial charge in [0, 0.05) is 30.5 Å². The number of rotatable bonds is 2. The minimum atomic E-state index is -0.195. The monoisotopic (exact) mass is 315 g/mol. The number of guanidine groups is 1. The van der Waals surface area contributed by atoms with Gasteiger partial charge >= 0.3 is 0 Å². The second kappa shape index (κ2) is 5.53. The highest BCUT2D eigenvalue weighted by atomic mass is 16.3. The van der Waals surface area contributed by atoms with Gasteiger partial charge in [-0.15, -0.1) is 0 Å². The van der Waals surface area contributed by atoms with Crippen LogP contribution in [0.5, 0.6) is 0 Å². The molecule has 0 radical (unpaired) electrons. The van der Waals surface area contributed by atoms with Crippen molar-refractivity contribution in [2.45, 2.75) is 51.3 Å². The van der Waals surface area contributed by atoms with Gasteiger partial charge in [0.15, 0.2) is 5.82 Å². The number of hydrogen-bond acceptors (Lipinski definition) is 4. The van der Waals surface area contributed by atoms with E-state index in [1.807, 2.05) is 18.0 Å². The van der Waals surface area contributed by atoms with Crippen LogP contribution in [0.2, 0.25) is 0 Å². The van der Waals surface area contributed by atoms with Crippen molar-refractivity contribution in [3.8, 4) is 0 Å². The summed E-state index contributed by atoms with van der Waals surface area (Å²) >= 11 is 0. The summed E-state index contributed by atoms with van der Waals surface area (Å²) in [4.78, 5) is 11.2. The van der Waals surface area contributed by atoms with Crippen LogP contribution in [0.3, 0.4) is 0 Å². The first-order chi connectivity index (χ1) is 10.7. The number of aromatic nitrogens is 1. The first kappa shape index (κ1) is 15.8.